The Balaban J connectivity index is 1.69. The highest BCUT2D eigenvalue weighted by Gasteiger charge is 2.25. The summed E-state index contributed by atoms with van der Waals surface area (Å²) in [6, 6.07) is 12.0. The predicted molar refractivity (Wildman–Crippen MR) is 82.2 cm³/mol. The van der Waals surface area contributed by atoms with Crippen molar-refractivity contribution in [1.82, 2.24) is 10.2 Å². The second kappa shape index (κ2) is 7.06. The molecule has 1 aliphatic rings. The van der Waals surface area contributed by atoms with E-state index in [1.807, 2.05) is 0 Å². The molecule has 0 saturated carbocycles. The van der Waals surface area contributed by atoms with Crippen LogP contribution in [0.15, 0.2) is 30.3 Å². The molecular formula is C17H28N2. The van der Waals surface area contributed by atoms with Gasteiger partial charge in [0, 0.05) is 25.2 Å². The summed E-state index contributed by atoms with van der Waals surface area (Å²) in [5.74, 6) is 0.876. The fourth-order valence-corrected chi connectivity index (χ4v) is 3.00. The Hall–Kier alpha value is -0.860. The van der Waals surface area contributed by atoms with Crippen LogP contribution in [0.3, 0.4) is 0 Å². The molecule has 2 unspecified atom stereocenters. The monoisotopic (exact) mass is 260 g/mol. The molecule has 0 amide bonds. The van der Waals surface area contributed by atoms with Gasteiger partial charge in [-0.15, -0.1) is 0 Å². The zero-order chi connectivity index (χ0) is 13.7. The van der Waals surface area contributed by atoms with Crippen molar-refractivity contribution in [3.05, 3.63) is 35.9 Å². The van der Waals surface area contributed by atoms with E-state index in [0.29, 0.717) is 12.1 Å². The molecule has 1 heterocycles. The minimum absolute atomic E-state index is 0.609. The van der Waals surface area contributed by atoms with Crippen LogP contribution in [-0.2, 0) is 6.54 Å². The van der Waals surface area contributed by atoms with E-state index in [9.17, 15) is 0 Å². The molecule has 106 valence electrons. The van der Waals surface area contributed by atoms with E-state index in [1.165, 1.54) is 31.5 Å². The van der Waals surface area contributed by atoms with Crippen LogP contribution in [0.1, 0.15) is 39.2 Å². The van der Waals surface area contributed by atoms with Gasteiger partial charge in [-0.05, 0) is 51.6 Å². The van der Waals surface area contributed by atoms with Gasteiger partial charge in [-0.2, -0.15) is 0 Å². The summed E-state index contributed by atoms with van der Waals surface area (Å²) in [5.41, 5.74) is 1.38. The van der Waals surface area contributed by atoms with Crippen molar-refractivity contribution in [3.8, 4) is 0 Å². The van der Waals surface area contributed by atoms with Crippen molar-refractivity contribution in [1.29, 1.82) is 0 Å². The maximum absolute atomic E-state index is 3.65. The van der Waals surface area contributed by atoms with Crippen LogP contribution in [0.5, 0.6) is 0 Å². The quantitative estimate of drug-likeness (QED) is 0.844. The maximum Gasteiger partial charge on any atom is 0.0207 e. The van der Waals surface area contributed by atoms with Gasteiger partial charge in [-0.3, -0.25) is 0 Å². The predicted octanol–water partition coefficient (Wildman–Crippen LogP) is 3.29. The van der Waals surface area contributed by atoms with E-state index in [-0.39, 0.29) is 0 Å². The minimum atomic E-state index is 0.609. The Labute approximate surface area is 118 Å². The average Bonchev–Trinajstić information content (AvgIpc) is 2.86. The summed E-state index contributed by atoms with van der Waals surface area (Å²) in [6.45, 7) is 10.5. The summed E-state index contributed by atoms with van der Waals surface area (Å²) in [4.78, 5) is 2.61. The number of nitrogens with zero attached hydrogens (tertiary/aromatic N) is 1. The lowest BCUT2D eigenvalue weighted by atomic mass is 10.00. The second-order valence-electron chi connectivity index (χ2n) is 6.25. The maximum atomic E-state index is 3.65. The number of rotatable bonds is 6. The third-order valence-electron chi connectivity index (χ3n) is 4.23. The molecule has 0 radical (unpaired) electrons. The average molecular weight is 260 g/mol. The van der Waals surface area contributed by atoms with Gasteiger partial charge in [0.15, 0.2) is 0 Å². The van der Waals surface area contributed by atoms with E-state index in [1.54, 1.807) is 0 Å². The first-order valence-corrected chi connectivity index (χ1v) is 7.66. The minimum Gasteiger partial charge on any atom is -0.310 e. The molecule has 2 rings (SSSR count). The highest BCUT2D eigenvalue weighted by atomic mass is 15.2. The van der Waals surface area contributed by atoms with Gasteiger partial charge in [-0.25, -0.2) is 0 Å². The topological polar surface area (TPSA) is 15.3 Å². The molecule has 1 aromatic rings. The van der Waals surface area contributed by atoms with Crippen molar-refractivity contribution < 1.29 is 0 Å². The first-order valence-electron chi connectivity index (χ1n) is 7.66. The van der Waals surface area contributed by atoms with Crippen LogP contribution < -0.4 is 5.32 Å². The smallest absolute Gasteiger partial charge is 0.0207 e. The number of nitrogens with one attached hydrogen (secondary N) is 1. The largest absolute Gasteiger partial charge is 0.310 e. The normalized spacial score (nSPS) is 22.0. The lowest BCUT2D eigenvalue weighted by Crippen LogP contribution is -2.31. The number of hydrogen-bond acceptors (Lipinski definition) is 2. The van der Waals surface area contributed by atoms with E-state index < -0.39 is 0 Å². The summed E-state index contributed by atoms with van der Waals surface area (Å²) in [6.07, 6.45) is 2.67. The zero-order valence-electron chi connectivity index (χ0n) is 12.6. The molecule has 1 N–H and O–H groups in total. The highest BCUT2D eigenvalue weighted by molar-refractivity contribution is 5.14. The Morgan fingerprint density at radius 3 is 2.58 bits per heavy atom. The van der Waals surface area contributed by atoms with Gasteiger partial charge >= 0.3 is 0 Å². The fourth-order valence-electron chi connectivity index (χ4n) is 3.00. The molecule has 0 aromatic heterocycles. The molecule has 19 heavy (non-hydrogen) atoms. The zero-order valence-corrected chi connectivity index (χ0v) is 12.6. The summed E-state index contributed by atoms with van der Waals surface area (Å²) < 4.78 is 0. The summed E-state index contributed by atoms with van der Waals surface area (Å²) in [7, 11) is 0. The lowest BCUT2D eigenvalue weighted by molar-refractivity contribution is 0.259. The highest BCUT2D eigenvalue weighted by Crippen LogP contribution is 2.22. The van der Waals surface area contributed by atoms with Crippen molar-refractivity contribution in [2.75, 3.05) is 13.1 Å². The summed E-state index contributed by atoms with van der Waals surface area (Å²) in [5, 5.41) is 3.65. The Bertz CT molecular complexity index is 361. The Morgan fingerprint density at radius 2 is 1.95 bits per heavy atom. The molecule has 1 aromatic carbocycles. The van der Waals surface area contributed by atoms with Gasteiger partial charge in [0.25, 0.3) is 0 Å². The van der Waals surface area contributed by atoms with Crippen molar-refractivity contribution >= 4 is 0 Å². The molecule has 0 spiro atoms. The van der Waals surface area contributed by atoms with Crippen molar-refractivity contribution in [2.24, 2.45) is 5.92 Å². The molecule has 1 aliphatic heterocycles. The van der Waals surface area contributed by atoms with E-state index in [0.717, 1.165) is 12.5 Å². The van der Waals surface area contributed by atoms with Gasteiger partial charge in [0.2, 0.25) is 0 Å². The molecule has 0 aliphatic carbocycles. The third-order valence-corrected chi connectivity index (χ3v) is 4.23. The SMILES string of the molecule is CC(CC1CCN(C(C)C)C1)NCc1ccccc1. The fraction of sp³-hybridized carbons (Fsp3) is 0.647. The molecule has 0 bridgehead atoms. The first-order chi connectivity index (χ1) is 9.15. The molecular weight excluding hydrogens is 232 g/mol. The standard InChI is InChI=1S/C17H28N2/c1-14(2)19-10-9-17(13-19)11-15(3)18-12-16-7-5-4-6-8-16/h4-8,14-15,17-18H,9-13H2,1-3H3. The number of likely N-dealkylation sites (tertiary alicyclic amines) is 1. The van der Waals surface area contributed by atoms with E-state index in [4.69, 9.17) is 0 Å². The third kappa shape index (κ3) is 4.63. The molecule has 2 heteroatoms. The molecule has 2 atom stereocenters. The van der Waals surface area contributed by atoms with Crippen molar-refractivity contribution in [3.63, 3.8) is 0 Å². The number of benzene rings is 1. The number of hydrogen-bond donors (Lipinski definition) is 1. The Morgan fingerprint density at radius 1 is 1.21 bits per heavy atom. The molecule has 2 nitrogen and oxygen atoms in total. The van der Waals surface area contributed by atoms with Crippen molar-refractivity contribution in [2.45, 2.75) is 52.2 Å². The van der Waals surface area contributed by atoms with E-state index >= 15 is 0 Å². The van der Waals surface area contributed by atoms with Crippen LogP contribution in [0.25, 0.3) is 0 Å². The van der Waals surface area contributed by atoms with Gasteiger partial charge < -0.3 is 10.2 Å². The van der Waals surface area contributed by atoms with Crippen LogP contribution in [-0.4, -0.2) is 30.1 Å². The summed E-state index contributed by atoms with van der Waals surface area (Å²) >= 11 is 0. The lowest BCUT2D eigenvalue weighted by Gasteiger charge is -2.22. The van der Waals surface area contributed by atoms with Crippen LogP contribution in [0, 0.1) is 5.92 Å². The van der Waals surface area contributed by atoms with Gasteiger partial charge in [0.05, 0.1) is 0 Å². The second-order valence-corrected chi connectivity index (χ2v) is 6.25. The van der Waals surface area contributed by atoms with Gasteiger partial charge in [-0.1, -0.05) is 30.3 Å². The first kappa shape index (κ1) is 14.5. The van der Waals surface area contributed by atoms with Crippen LogP contribution >= 0.6 is 0 Å². The van der Waals surface area contributed by atoms with Crippen LogP contribution in [0.2, 0.25) is 0 Å². The van der Waals surface area contributed by atoms with E-state index in [2.05, 4.69) is 61.3 Å². The Kier molecular flexibility index (Phi) is 5.41. The van der Waals surface area contributed by atoms with Gasteiger partial charge in [0.1, 0.15) is 0 Å². The molecule has 1 fully saturated rings. The molecule has 1 saturated heterocycles. The van der Waals surface area contributed by atoms with Crippen LogP contribution in [0.4, 0.5) is 0 Å².